The van der Waals surface area contributed by atoms with E-state index < -0.39 is 36.3 Å². The van der Waals surface area contributed by atoms with Gasteiger partial charge in [0.05, 0.1) is 11.1 Å². The summed E-state index contributed by atoms with van der Waals surface area (Å²) in [6.45, 7) is 2.68. The van der Waals surface area contributed by atoms with Gasteiger partial charge in [-0.15, -0.1) is 0 Å². The lowest BCUT2D eigenvalue weighted by Crippen LogP contribution is -2.46. The SMILES string of the molecule is Cc1ccc2c(c1)C(=O)N(CC(=O)N(C)C(C)C(=O)O)C2=O. The Hall–Kier alpha value is -2.70. The van der Waals surface area contributed by atoms with Crippen LogP contribution in [-0.2, 0) is 9.59 Å². The second-order valence-electron chi connectivity index (χ2n) is 5.26. The average Bonchev–Trinajstić information content (AvgIpc) is 2.70. The van der Waals surface area contributed by atoms with E-state index in [1.807, 2.05) is 0 Å². The predicted octanol–water partition coefficient (Wildman–Crippen LogP) is 0.523. The third-order valence-corrected chi connectivity index (χ3v) is 3.75. The van der Waals surface area contributed by atoms with Crippen LogP contribution in [0.3, 0.4) is 0 Å². The Labute approximate surface area is 127 Å². The van der Waals surface area contributed by atoms with Crippen molar-refractivity contribution in [1.82, 2.24) is 9.80 Å². The summed E-state index contributed by atoms with van der Waals surface area (Å²) in [5.74, 6) is -2.84. The van der Waals surface area contributed by atoms with Crippen molar-refractivity contribution >= 4 is 23.7 Å². The molecule has 0 bridgehead atoms. The number of carbonyl (C=O) groups is 4. The van der Waals surface area contributed by atoms with Crippen molar-refractivity contribution in [3.05, 3.63) is 34.9 Å². The molecule has 0 spiro atoms. The zero-order chi connectivity index (χ0) is 16.6. The number of aryl methyl sites for hydroxylation is 1. The highest BCUT2D eigenvalue weighted by Gasteiger charge is 2.37. The average molecular weight is 304 g/mol. The van der Waals surface area contributed by atoms with E-state index in [0.717, 1.165) is 15.4 Å². The van der Waals surface area contributed by atoms with Gasteiger partial charge in [0.2, 0.25) is 5.91 Å². The van der Waals surface area contributed by atoms with Gasteiger partial charge in [-0.05, 0) is 26.0 Å². The molecule has 0 aliphatic carbocycles. The van der Waals surface area contributed by atoms with E-state index in [1.54, 1.807) is 25.1 Å². The topological polar surface area (TPSA) is 95.0 Å². The van der Waals surface area contributed by atoms with E-state index in [0.29, 0.717) is 0 Å². The van der Waals surface area contributed by atoms with Crippen molar-refractivity contribution in [2.24, 2.45) is 0 Å². The Morgan fingerprint density at radius 3 is 2.41 bits per heavy atom. The number of aliphatic carboxylic acids is 1. The number of carbonyl (C=O) groups excluding carboxylic acids is 3. The van der Waals surface area contributed by atoms with Gasteiger partial charge in [-0.25, -0.2) is 4.79 Å². The van der Waals surface area contributed by atoms with Gasteiger partial charge in [0.1, 0.15) is 12.6 Å². The summed E-state index contributed by atoms with van der Waals surface area (Å²) in [5, 5.41) is 8.90. The molecule has 1 heterocycles. The van der Waals surface area contributed by atoms with Crippen LogP contribution in [0.1, 0.15) is 33.2 Å². The van der Waals surface area contributed by atoms with Gasteiger partial charge in [0.25, 0.3) is 11.8 Å². The summed E-state index contributed by atoms with van der Waals surface area (Å²) in [5.41, 5.74) is 1.37. The predicted molar refractivity (Wildman–Crippen MR) is 76.4 cm³/mol. The molecular weight excluding hydrogens is 288 g/mol. The van der Waals surface area contributed by atoms with Crippen LogP contribution in [-0.4, -0.2) is 58.2 Å². The Morgan fingerprint density at radius 2 is 1.82 bits per heavy atom. The third-order valence-electron chi connectivity index (χ3n) is 3.75. The highest BCUT2D eigenvalue weighted by atomic mass is 16.4. The summed E-state index contributed by atoms with van der Waals surface area (Å²) >= 11 is 0. The van der Waals surface area contributed by atoms with E-state index in [4.69, 9.17) is 5.11 Å². The van der Waals surface area contributed by atoms with Crippen molar-refractivity contribution in [1.29, 1.82) is 0 Å². The Balaban J connectivity index is 2.19. The lowest BCUT2D eigenvalue weighted by molar-refractivity contribution is -0.148. The van der Waals surface area contributed by atoms with E-state index >= 15 is 0 Å². The maximum absolute atomic E-state index is 12.2. The lowest BCUT2D eigenvalue weighted by Gasteiger charge is -2.23. The highest BCUT2D eigenvalue weighted by Crippen LogP contribution is 2.23. The second-order valence-corrected chi connectivity index (χ2v) is 5.26. The fraction of sp³-hybridized carbons (Fsp3) is 0.333. The summed E-state index contributed by atoms with van der Waals surface area (Å²) in [7, 11) is 1.32. The Bertz CT molecular complexity index is 683. The molecule has 2 rings (SSSR count). The minimum Gasteiger partial charge on any atom is -0.480 e. The molecule has 1 N–H and O–H groups in total. The molecule has 22 heavy (non-hydrogen) atoms. The highest BCUT2D eigenvalue weighted by molar-refractivity contribution is 6.22. The van der Waals surface area contributed by atoms with Gasteiger partial charge >= 0.3 is 5.97 Å². The number of benzene rings is 1. The first-order valence-corrected chi connectivity index (χ1v) is 6.69. The lowest BCUT2D eigenvalue weighted by atomic mass is 10.1. The minimum absolute atomic E-state index is 0.261. The van der Waals surface area contributed by atoms with Crippen LogP contribution in [0.4, 0.5) is 0 Å². The van der Waals surface area contributed by atoms with Crippen molar-refractivity contribution in [2.75, 3.05) is 13.6 Å². The van der Waals surface area contributed by atoms with Crippen molar-refractivity contribution < 1.29 is 24.3 Å². The fourth-order valence-corrected chi connectivity index (χ4v) is 2.18. The molecule has 0 fully saturated rings. The van der Waals surface area contributed by atoms with Crippen LogP contribution in [0.2, 0.25) is 0 Å². The van der Waals surface area contributed by atoms with Gasteiger partial charge in [-0.1, -0.05) is 11.6 Å². The van der Waals surface area contributed by atoms with Gasteiger partial charge in [0.15, 0.2) is 0 Å². The summed E-state index contributed by atoms with van der Waals surface area (Å²) in [6, 6.07) is 3.83. The number of fused-ring (bicyclic) bond motifs is 1. The second kappa shape index (κ2) is 5.59. The van der Waals surface area contributed by atoms with Crippen LogP contribution in [0, 0.1) is 6.92 Å². The van der Waals surface area contributed by atoms with Crippen LogP contribution in [0.15, 0.2) is 18.2 Å². The van der Waals surface area contributed by atoms with Crippen LogP contribution in [0.25, 0.3) is 0 Å². The normalized spacial score (nSPS) is 14.8. The van der Waals surface area contributed by atoms with Crippen LogP contribution in [0.5, 0.6) is 0 Å². The molecule has 7 nitrogen and oxygen atoms in total. The summed E-state index contributed by atoms with van der Waals surface area (Å²) in [4.78, 5) is 49.2. The molecule has 0 radical (unpaired) electrons. The molecular formula is C15H16N2O5. The summed E-state index contributed by atoms with van der Waals surface area (Å²) in [6.07, 6.45) is 0. The van der Waals surface area contributed by atoms with Crippen molar-refractivity contribution in [3.8, 4) is 0 Å². The molecule has 7 heteroatoms. The number of hydrogen-bond acceptors (Lipinski definition) is 4. The molecule has 116 valence electrons. The van der Waals surface area contributed by atoms with E-state index in [1.165, 1.54) is 14.0 Å². The third kappa shape index (κ3) is 2.57. The number of carboxylic acids is 1. The number of nitrogens with zero attached hydrogens (tertiary/aromatic N) is 2. The van der Waals surface area contributed by atoms with E-state index in [2.05, 4.69) is 0 Å². The molecule has 1 atom stereocenters. The quantitative estimate of drug-likeness (QED) is 0.818. The molecule has 1 aliphatic heterocycles. The molecule has 1 aromatic carbocycles. The number of likely N-dealkylation sites (N-methyl/N-ethyl adjacent to an activating group) is 1. The largest absolute Gasteiger partial charge is 0.480 e. The Kier molecular flexibility index (Phi) is 3.99. The molecule has 0 saturated heterocycles. The number of amides is 3. The van der Waals surface area contributed by atoms with Gasteiger partial charge < -0.3 is 10.0 Å². The molecule has 1 aromatic rings. The fourth-order valence-electron chi connectivity index (χ4n) is 2.18. The maximum Gasteiger partial charge on any atom is 0.326 e. The van der Waals surface area contributed by atoms with Gasteiger partial charge in [-0.2, -0.15) is 0 Å². The number of hydrogen-bond donors (Lipinski definition) is 1. The first-order chi connectivity index (χ1) is 10.2. The maximum atomic E-state index is 12.2. The number of rotatable bonds is 4. The smallest absolute Gasteiger partial charge is 0.326 e. The van der Waals surface area contributed by atoms with Crippen molar-refractivity contribution in [2.45, 2.75) is 19.9 Å². The first-order valence-electron chi connectivity index (χ1n) is 6.69. The van der Waals surface area contributed by atoms with Crippen LogP contribution >= 0.6 is 0 Å². The van der Waals surface area contributed by atoms with Gasteiger partial charge in [0, 0.05) is 7.05 Å². The molecule has 0 aromatic heterocycles. The molecule has 1 unspecified atom stereocenters. The summed E-state index contributed by atoms with van der Waals surface area (Å²) < 4.78 is 0. The molecule has 1 aliphatic rings. The standard InChI is InChI=1S/C15H16N2O5/c1-8-4-5-10-11(6-8)14(20)17(13(10)19)7-12(18)16(3)9(2)15(21)22/h4-6,9H,7H2,1-3H3,(H,21,22). The molecule has 0 saturated carbocycles. The zero-order valence-corrected chi connectivity index (χ0v) is 12.5. The first kappa shape index (κ1) is 15.7. The Morgan fingerprint density at radius 1 is 1.23 bits per heavy atom. The number of carboxylic acid groups (broad SMARTS) is 1. The van der Waals surface area contributed by atoms with Crippen molar-refractivity contribution in [3.63, 3.8) is 0 Å². The minimum atomic E-state index is -1.16. The zero-order valence-electron chi connectivity index (χ0n) is 12.5. The van der Waals surface area contributed by atoms with E-state index in [9.17, 15) is 19.2 Å². The monoisotopic (exact) mass is 304 g/mol. The van der Waals surface area contributed by atoms with Gasteiger partial charge in [-0.3, -0.25) is 19.3 Å². The van der Waals surface area contributed by atoms with E-state index in [-0.39, 0.29) is 11.1 Å². The number of imide groups is 1. The molecule has 3 amide bonds. The van der Waals surface area contributed by atoms with Crippen LogP contribution < -0.4 is 0 Å².